The number of carbonyl (C=O) groups excluding carboxylic acids is 2. The highest BCUT2D eigenvalue weighted by molar-refractivity contribution is 6.08. The minimum Gasteiger partial charge on any atom is -0.493 e. The molecule has 3 heterocycles. The van der Waals surface area contributed by atoms with E-state index in [1.165, 1.54) is 25.3 Å². The minimum absolute atomic E-state index is 0.0309. The van der Waals surface area contributed by atoms with Crippen molar-refractivity contribution in [1.29, 1.82) is 0 Å². The van der Waals surface area contributed by atoms with E-state index in [1.807, 2.05) is 24.3 Å². The fourth-order valence-corrected chi connectivity index (χ4v) is 4.73. The Morgan fingerprint density at radius 1 is 1.08 bits per heavy atom. The minimum atomic E-state index is -0.651. The van der Waals surface area contributed by atoms with Gasteiger partial charge in [0.15, 0.2) is 18.1 Å². The molecule has 5 rings (SSSR count). The van der Waals surface area contributed by atoms with Crippen molar-refractivity contribution in [2.45, 2.75) is 25.3 Å². The van der Waals surface area contributed by atoms with Crippen LogP contribution in [0.3, 0.4) is 0 Å². The van der Waals surface area contributed by atoms with Crippen LogP contribution in [0.4, 0.5) is 0 Å². The first-order valence-electron chi connectivity index (χ1n) is 11.7. The number of hydrazone groups is 1. The Kier molecular flexibility index (Phi) is 6.62. The number of benzene rings is 1. The Hall–Kier alpha value is -4.27. The smallest absolute Gasteiger partial charge is 0.338 e. The SMILES string of the molecule is COc1ccc(C(=O)OCC(=O)N2N=C3C(=Cc4ccco4)CCCC3C2c2ccco2)cc1OC. The number of esters is 1. The van der Waals surface area contributed by atoms with Crippen LogP contribution in [0.2, 0.25) is 0 Å². The summed E-state index contributed by atoms with van der Waals surface area (Å²) < 4.78 is 27.0. The molecule has 2 aliphatic rings. The third-order valence-corrected chi connectivity index (χ3v) is 6.40. The molecule has 36 heavy (non-hydrogen) atoms. The van der Waals surface area contributed by atoms with Crippen LogP contribution >= 0.6 is 0 Å². The number of allylic oxidation sites excluding steroid dienone is 1. The fraction of sp³-hybridized carbons (Fsp3) is 0.296. The number of hydrogen-bond donors (Lipinski definition) is 0. The van der Waals surface area contributed by atoms with Gasteiger partial charge in [0.1, 0.15) is 17.6 Å². The summed E-state index contributed by atoms with van der Waals surface area (Å²) in [6, 6.07) is 11.6. The molecule has 0 spiro atoms. The van der Waals surface area contributed by atoms with Gasteiger partial charge in [-0.15, -0.1) is 0 Å². The Bertz CT molecular complexity index is 1290. The molecule has 2 aromatic heterocycles. The highest BCUT2D eigenvalue weighted by atomic mass is 16.5. The van der Waals surface area contributed by atoms with Gasteiger partial charge >= 0.3 is 5.97 Å². The predicted octanol–water partition coefficient (Wildman–Crippen LogP) is 4.87. The lowest BCUT2D eigenvalue weighted by Gasteiger charge is -2.27. The van der Waals surface area contributed by atoms with Gasteiger partial charge in [0.25, 0.3) is 5.91 Å². The van der Waals surface area contributed by atoms with Crippen molar-refractivity contribution in [3.63, 3.8) is 0 Å². The van der Waals surface area contributed by atoms with Crippen molar-refractivity contribution in [3.8, 4) is 11.5 Å². The van der Waals surface area contributed by atoms with E-state index in [1.54, 1.807) is 30.7 Å². The molecule has 1 amide bonds. The molecule has 1 saturated carbocycles. The van der Waals surface area contributed by atoms with E-state index < -0.39 is 24.5 Å². The zero-order valence-electron chi connectivity index (χ0n) is 20.0. The van der Waals surface area contributed by atoms with E-state index in [4.69, 9.17) is 28.1 Å². The molecule has 9 nitrogen and oxygen atoms in total. The Morgan fingerprint density at radius 2 is 1.89 bits per heavy atom. The van der Waals surface area contributed by atoms with Crippen LogP contribution in [-0.2, 0) is 9.53 Å². The summed E-state index contributed by atoms with van der Waals surface area (Å²) in [6.45, 7) is -0.467. The zero-order valence-corrected chi connectivity index (χ0v) is 20.0. The second kappa shape index (κ2) is 10.2. The molecular formula is C27H26N2O7. The van der Waals surface area contributed by atoms with Crippen molar-refractivity contribution in [3.05, 3.63) is 77.6 Å². The molecule has 186 valence electrons. The third kappa shape index (κ3) is 4.51. The summed E-state index contributed by atoms with van der Waals surface area (Å²) in [4.78, 5) is 26.0. The lowest BCUT2D eigenvalue weighted by molar-refractivity contribution is -0.137. The number of methoxy groups -OCH3 is 2. The van der Waals surface area contributed by atoms with Crippen molar-refractivity contribution in [2.75, 3.05) is 20.8 Å². The van der Waals surface area contributed by atoms with E-state index in [0.717, 1.165) is 36.3 Å². The van der Waals surface area contributed by atoms with Gasteiger partial charge in [-0.3, -0.25) is 4.79 Å². The topological polar surface area (TPSA) is 104 Å². The molecule has 0 radical (unpaired) electrons. The molecular weight excluding hydrogens is 464 g/mol. The van der Waals surface area contributed by atoms with E-state index >= 15 is 0 Å². The normalized spacial score (nSPS) is 20.1. The maximum Gasteiger partial charge on any atom is 0.338 e. The lowest BCUT2D eigenvalue weighted by Crippen LogP contribution is -2.34. The molecule has 1 fully saturated rings. The summed E-state index contributed by atoms with van der Waals surface area (Å²) in [6.07, 6.45) is 7.80. The average molecular weight is 491 g/mol. The zero-order chi connectivity index (χ0) is 25.1. The second-order valence-corrected chi connectivity index (χ2v) is 8.51. The summed E-state index contributed by atoms with van der Waals surface area (Å²) in [5, 5.41) is 6.10. The Morgan fingerprint density at radius 3 is 2.61 bits per heavy atom. The van der Waals surface area contributed by atoms with Crippen molar-refractivity contribution in [1.82, 2.24) is 5.01 Å². The predicted molar refractivity (Wildman–Crippen MR) is 130 cm³/mol. The van der Waals surface area contributed by atoms with Gasteiger partial charge < -0.3 is 23.0 Å². The second-order valence-electron chi connectivity index (χ2n) is 8.51. The molecule has 1 aromatic carbocycles. The number of hydrogen-bond acceptors (Lipinski definition) is 8. The van der Waals surface area contributed by atoms with Gasteiger partial charge in [-0.1, -0.05) is 0 Å². The van der Waals surface area contributed by atoms with Crippen molar-refractivity contribution < 1.29 is 32.6 Å². The largest absolute Gasteiger partial charge is 0.493 e. The Balaban J connectivity index is 1.37. The quantitative estimate of drug-likeness (QED) is 0.435. The van der Waals surface area contributed by atoms with E-state index in [-0.39, 0.29) is 11.5 Å². The molecule has 1 aliphatic heterocycles. The van der Waals surface area contributed by atoms with Gasteiger partial charge in [0.05, 0.1) is 38.0 Å². The molecule has 2 unspecified atom stereocenters. The van der Waals surface area contributed by atoms with Crippen LogP contribution in [0.5, 0.6) is 11.5 Å². The van der Waals surface area contributed by atoms with Crippen LogP contribution in [0.15, 0.2) is 74.5 Å². The van der Waals surface area contributed by atoms with Crippen LogP contribution < -0.4 is 9.47 Å². The number of ether oxygens (including phenoxy) is 3. The first-order chi connectivity index (χ1) is 17.6. The first kappa shape index (κ1) is 23.5. The standard InChI is InChI=1S/C27H26N2O7/c1-32-21-11-10-18(15-23(21)33-2)27(31)36-16-24(30)29-26(22-9-5-13-35-22)20-8-3-6-17(25(20)28-29)14-19-7-4-12-34-19/h4-5,7,9-15,20,26H,3,6,8,16H2,1-2H3. The molecule has 0 saturated heterocycles. The first-order valence-corrected chi connectivity index (χ1v) is 11.7. The van der Waals surface area contributed by atoms with Crippen LogP contribution in [-0.4, -0.2) is 43.4 Å². The molecule has 2 atom stereocenters. The highest BCUT2D eigenvalue weighted by Crippen LogP contribution is 2.44. The van der Waals surface area contributed by atoms with Crippen molar-refractivity contribution >= 4 is 23.7 Å². The van der Waals surface area contributed by atoms with Crippen LogP contribution in [0.1, 0.15) is 47.2 Å². The number of amides is 1. The highest BCUT2D eigenvalue weighted by Gasteiger charge is 2.45. The summed E-state index contributed by atoms with van der Waals surface area (Å²) in [7, 11) is 2.99. The molecule has 9 heteroatoms. The van der Waals surface area contributed by atoms with Gasteiger partial charge in [0.2, 0.25) is 0 Å². The van der Waals surface area contributed by atoms with E-state index in [0.29, 0.717) is 17.3 Å². The van der Waals surface area contributed by atoms with Gasteiger partial charge in [-0.05, 0) is 73.4 Å². The third-order valence-electron chi connectivity index (χ3n) is 6.40. The molecule has 0 bridgehead atoms. The number of carbonyl (C=O) groups is 2. The summed E-state index contributed by atoms with van der Waals surface area (Å²) in [5.74, 6) is 1.12. The monoisotopic (exact) mass is 490 g/mol. The van der Waals surface area contributed by atoms with Gasteiger partial charge in [-0.2, -0.15) is 5.10 Å². The van der Waals surface area contributed by atoms with Crippen LogP contribution in [0, 0.1) is 5.92 Å². The molecule has 1 aliphatic carbocycles. The summed E-state index contributed by atoms with van der Waals surface area (Å²) in [5.41, 5.74) is 2.10. The number of fused-ring (bicyclic) bond motifs is 1. The summed E-state index contributed by atoms with van der Waals surface area (Å²) >= 11 is 0. The van der Waals surface area contributed by atoms with E-state index in [2.05, 4.69) is 0 Å². The van der Waals surface area contributed by atoms with Gasteiger partial charge in [-0.25, -0.2) is 9.80 Å². The number of furan rings is 2. The fourth-order valence-electron chi connectivity index (χ4n) is 4.73. The van der Waals surface area contributed by atoms with Crippen LogP contribution in [0.25, 0.3) is 6.08 Å². The molecule has 0 N–H and O–H groups in total. The lowest BCUT2D eigenvalue weighted by atomic mass is 9.79. The Labute approximate surface area is 207 Å². The maximum atomic E-state index is 13.3. The average Bonchev–Trinajstić information content (AvgIpc) is 3.68. The van der Waals surface area contributed by atoms with E-state index in [9.17, 15) is 9.59 Å². The maximum absolute atomic E-state index is 13.3. The number of nitrogens with zero attached hydrogens (tertiary/aromatic N) is 2. The number of rotatable bonds is 7. The van der Waals surface area contributed by atoms with Crippen molar-refractivity contribution in [2.24, 2.45) is 11.0 Å². The molecule has 3 aromatic rings. The van der Waals surface area contributed by atoms with Gasteiger partial charge in [0, 0.05) is 5.92 Å².